The van der Waals surface area contributed by atoms with Crippen molar-refractivity contribution in [1.29, 1.82) is 0 Å². The van der Waals surface area contributed by atoms with Crippen molar-refractivity contribution in [2.24, 2.45) is 16.8 Å². The predicted octanol–water partition coefficient (Wildman–Crippen LogP) is 1.27. The van der Waals surface area contributed by atoms with Crippen molar-refractivity contribution in [2.75, 3.05) is 5.32 Å². The van der Waals surface area contributed by atoms with Crippen molar-refractivity contribution in [3.63, 3.8) is 0 Å². The first-order valence-corrected chi connectivity index (χ1v) is 5.92. The van der Waals surface area contributed by atoms with Gasteiger partial charge >= 0.3 is 0 Å². The molecule has 0 aromatic carbocycles. The maximum Gasteiger partial charge on any atom is 0.228 e. The number of amides is 1. The molecule has 0 saturated carbocycles. The zero-order chi connectivity index (χ0) is 13.5. The molecule has 100 valence electrons. The van der Waals surface area contributed by atoms with Gasteiger partial charge in [0, 0.05) is 5.92 Å². The van der Waals surface area contributed by atoms with Crippen molar-refractivity contribution in [1.82, 2.24) is 10.2 Å². The number of hydrogen-bond donors (Lipinski definition) is 4. The first-order chi connectivity index (χ1) is 8.60. The van der Waals surface area contributed by atoms with Gasteiger partial charge in [-0.25, -0.2) is 0 Å². The molecule has 1 rings (SSSR count). The maximum absolute atomic E-state index is 11.9. The van der Waals surface area contributed by atoms with Crippen molar-refractivity contribution >= 4 is 17.6 Å². The Morgan fingerprint density at radius 3 is 3.06 bits per heavy atom. The predicted molar refractivity (Wildman–Crippen MR) is 68.4 cm³/mol. The number of amidine groups is 1. The molecule has 1 atom stereocenters. The number of nitrogens with zero attached hydrogens (tertiary/aromatic N) is 2. The van der Waals surface area contributed by atoms with Gasteiger partial charge in [0.05, 0.1) is 11.8 Å². The minimum absolute atomic E-state index is 0.0895. The second-order valence-corrected chi connectivity index (χ2v) is 4.18. The van der Waals surface area contributed by atoms with Crippen LogP contribution in [0.4, 0.5) is 5.82 Å². The smallest absolute Gasteiger partial charge is 0.228 e. The average molecular weight is 253 g/mol. The first-order valence-electron chi connectivity index (χ1n) is 5.92. The fraction of sp³-hybridized carbons (Fsp3) is 0.545. The van der Waals surface area contributed by atoms with E-state index in [1.54, 1.807) is 0 Å². The van der Waals surface area contributed by atoms with Gasteiger partial charge in [0.25, 0.3) is 0 Å². The van der Waals surface area contributed by atoms with Gasteiger partial charge in [0.15, 0.2) is 5.84 Å². The lowest BCUT2D eigenvalue weighted by Gasteiger charge is -2.11. The van der Waals surface area contributed by atoms with E-state index in [9.17, 15) is 4.79 Å². The molecule has 0 radical (unpaired) electrons. The van der Waals surface area contributed by atoms with E-state index in [1.165, 1.54) is 6.20 Å². The van der Waals surface area contributed by atoms with Crippen molar-refractivity contribution in [3.05, 3.63) is 11.8 Å². The van der Waals surface area contributed by atoms with Gasteiger partial charge in [0.2, 0.25) is 5.91 Å². The Morgan fingerprint density at radius 2 is 2.44 bits per heavy atom. The second kappa shape index (κ2) is 6.63. The first kappa shape index (κ1) is 14.0. The maximum atomic E-state index is 11.9. The standard InChI is InChI=1S/C11H19N5O2/c1-3-4-5-7(2)11(17)14-10-8(6-13-15-10)9(12)16-18/h6-7,18H,3-5H2,1-2H3,(H2,12,16)(H2,13,14,15,17). The zero-order valence-corrected chi connectivity index (χ0v) is 10.6. The number of H-pyrrole nitrogens is 1. The van der Waals surface area contributed by atoms with Crippen LogP contribution in [0.1, 0.15) is 38.7 Å². The minimum Gasteiger partial charge on any atom is -0.409 e. The van der Waals surface area contributed by atoms with E-state index < -0.39 is 0 Å². The summed E-state index contributed by atoms with van der Waals surface area (Å²) in [6.07, 6.45) is 4.28. The summed E-state index contributed by atoms with van der Waals surface area (Å²) in [7, 11) is 0. The molecule has 7 nitrogen and oxygen atoms in total. The molecule has 7 heteroatoms. The summed E-state index contributed by atoms with van der Waals surface area (Å²) < 4.78 is 0. The number of unbranched alkanes of at least 4 members (excludes halogenated alkanes) is 1. The largest absolute Gasteiger partial charge is 0.409 e. The van der Waals surface area contributed by atoms with Crippen molar-refractivity contribution in [2.45, 2.75) is 33.1 Å². The van der Waals surface area contributed by atoms with Crippen LogP contribution < -0.4 is 11.1 Å². The number of oxime groups is 1. The van der Waals surface area contributed by atoms with E-state index >= 15 is 0 Å². The summed E-state index contributed by atoms with van der Waals surface area (Å²) in [5.74, 6) is 0.0481. The summed E-state index contributed by atoms with van der Waals surface area (Å²) >= 11 is 0. The molecule has 0 saturated heterocycles. The lowest BCUT2D eigenvalue weighted by Crippen LogP contribution is -2.23. The summed E-state index contributed by atoms with van der Waals surface area (Å²) in [4.78, 5) is 11.9. The normalized spacial score (nSPS) is 13.3. The Labute approximate surface area is 105 Å². The third-order valence-electron chi connectivity index (χ3n) is 2.71. The van der Waals surface area contributed by atoms with E-state index in [2.05, 4.69) is 27.6 Å². The molecule has 1 heterocycles. The Morgan fingerprint density at radius 1 is 1.72 bits per heavy atom. The molecule has 0 bridgehead atoms. The number of rotatable bonds is 6. The Kier molecular flexibility index (Phi) is 5.16. The van der Waals surface area contributed by atoms with Crippen LogP contribution in [0.3, 0.4) is 0 Å². The monoisotopic (exact) mass is 253 g/mol. The average Bonchev–Trinajstić information content (AvgIpc) is 2.82. The van der Waals surface area contributed by atoms with E-state index in [0.717, 1.165) is 19.3 Å². The highest BCUT2D eigenvalue weighted by atomic mass is 16.4. The number of anilines is 1. The lowest BCUT2D eigenvalue weighted by molar-refractivity contribution is -0.119. The zero-order valence-electron chi connectivity index (χ0n) is 10.6. The second-order valence-electron chi connectivity index (χ2n) is 4.18. The quantitative estimate of drug-likeness (QED) is 0.264. The molecule has 0 aliphatic carbocycles. The summed E-state index contributed by atoms with van der Waals surface area (Å²) in [5.41, 5.74) is 5.83. The molecule has 0 aliphatic rings. The van der Waals surface area contributed by atoms with Gasteiger partial charge in [0.1, 0.15) is 5.82 Å². The number of nitrogens with one attached hydrogen (secondary N) is 2. The lowest BCUT2D eigenvalue weighted by atomic mass is 10.0. The van der Waals surface area contributed by atoms with Gasteiger partial charge in [-0.1, -0.05) is 31.8 Å². The van der Waals surface area contributed by atoms with Crippen LogP contribution in [0.2, 0.25) is 0 Å². The molecule has 1 amide bonds. The topological polar surface area (TPSA) is 116 Å². The molecule has 0 fully saturated rings. The van der Waals surface area contributed by atoms with Crippen LogP contribution in [0.25, 0.3) is 0 Å². The van der Waals surface area contributed by atoms with Crippen LogP contribution >= 0.6 is 0 Å². The third-order valence-corrected chi connectivity index (χ3v) is 2.71. The highest BCUT2D eigenvalue weighted by Gasteiger charge is 2.16. The Hall–Kier alpha value is -2.05. The number of carbonyl (C=O) groups is 1. The van der Waals surface area contributed by atoms with Gasteiger partial charge in [-0.05, 0) is 6.42 Å². The van der Waals surface area contributed by atoms with Crippen molar-refractivity contribution in [3.8, 4) is 0 Å². The minimum atomic E-state index is -0.111. The molecular formula is C11H19N5O2. The molecular weight excluding hydrogens is 234 g/mol. The molecule has 0 spiro atoms. The van der Waals surface area contributed by atoms with Crippen molar-refractivity contribution < 1.29 is 10.0 Å². The Balaban J connectivity index is 2.68. The SMILES string of the molecule is CCCCC(C)C(=O)Nc1[nH]ncc1C(N)=NO. The number of aromatic amines is 1. The van der Waals surface area contributed by atoms with Gasteiger partial charge in [-0.2, -0.15) is 5.10 Å². The fourth-order valence-electron chi connectivity index (χ4n) is 1.52. The number of carbonyl (C=O) groups excluding carboxylic acids is 1. The summed E-state index contributed by atoms with van der Waals surface area (Å²) in [5, 5.41) is 20.5. The third kappa shape index (κ3) is 3.47. The molecule has 1 unspecified atom stereocenters. The van der Waals surface area contributed by atoms with Gasteiger partial charge in [-0.15, -0.1) is 0 Å². The van der Waals surface area contributed by atoms with E-state index in [1.807, 2.05) is 6.92 Å². The molecule has 5 N–H and O–H groups in total. The van der Waals surface area contributed by atoms with Crippen LogP contribution in [-0.4, -0.2) is 27.1 Å². The number of hydrogen-bond acceptors (Lipinski definition) is 4. The highest BCUT2D eigenvalue weighted by molar-refractivity contribution is 6.04. The Bertz CT molecular complexity index is 427. The van der Waals surface area contributed by atoms with Crippen LogP contribution in [0.5, 0.6) is 0 Å². The summed E-state index contributed by atoms with van der Waals surface area (Å²) in [6, 6.07) is 0. The molecule has 0 aliphatic heterocycles. The summed E-state index contributed by atoms with van der Waals surface area (Å²) in [6.45, 7) is 3.94. The highest BCUT2D eigenvalue weighted by Crippen LogP contribution is 2.14. The van der Waals surface area contributed by atoms with Crippen LogP contribution in [-0.2, 0) is 4.79 Å². The number of nitrogens with two attached hydrogens (primary N) is 1. The van der Waals surface area contributed by atoms with E-state index in [-0.39, 0.29) is 17.7 Å². The number of aromatic nitrogens is 2. The van der Waals surface area contributed by atoms with Gasteiger partial charge < -0.3 is 16.3 Å². The molecule has 1 aromatic rings. The van der Waals surface area contributed by atoms with Crippen LogP contribution in [0, 0.1) is 5.92 Å². The molecule has 1 aromatic heterocycles. The van der Waals surface area contributed by atoms with Crippen LogP contribution in [0.15, 0.2) is 11.4 Å². The van der Waals surface area contributed by atoms with Gasteiger partial charge in [-0.3, -0.25) is 9.89 Å². The fourth-order valence-corrected chi connectivity index (χ4v) is 1.52. The van der Waals surface area contributed by atoms with E-state index in [0.29, 0.717) is 11.4 Å². The molecule has 18 heavy (non-hydrogen) atoms. The van der Waals surface area contributed by atoms with E-state index in [4.69, 9.17) is 10.9 Å².